The summed E-state index contributed by atoms with van der Waals surface area (Å²) in [5.41, 5.74) is 0. The van der Waals surface area contributed by atoms with Crippen molar-refractivity contribution in [1.29, 1.82) is 0 Å². The number of piperidine rings is 2. The van der Waals surface area contributed by atoms with Gasteiger partial charge in [-0.05, 0) is 69.9 Å². The molecule has 2 saturated heterocycles. The summed E-state index contributed by atoms with van der Waals surface area (Å²) in [5.74, 6) is 3.60. The lowest BCUT2D eigenvalue weighted by atomic mass is 9.79. The maximum absolute atomic E-state index is 2.76. The van der Waals surface area contributed by atoms with Crippen molar-refractivity contribution in [3.05, 3.63) is 0 Å². The van der Waals surface area contributed by atoms with Crippen molar-refractivity contribution < 1.29 is 0 Å². The molecule has 2 aliphatic rings. The Labute approximate surface area is 126 Å². The average molecular weight is 280 g/mol. The van der Waals surface area contributed by atoms with Gasteiger partial charge < -0.3 is 9.80 Å². The predicted octanol–water partition coefficient (Wildman–Crippen LogP) is 3.72. The zero-order chi connectivity index (χ0) is 14.7. The monoisotopic (exact) mass is 280 g/mol. The fourth-order valence-electron chi connectivity index (χ4n) is 4.49. The molecule has 2 heterocycles. The molecular weight excluding hydrogens is 244 g/mol. The van der Waals surface area contributed by atoms with Gasteiger partial charge in [0.05, 0.1) is 0 Å². The van der Waals surface area contributed by atoms with Gasteiger partial charge in [0.25, 0.3) is 0 Å². The van der Waals surface area contributed by atoms with Crippen LogP contribution in [0.4, 0.5) is 0 Å². The first-order valence-corrected chi connectivity index (χ1v) is 8.93. The average Bonchev–Trinajstić information content (AvgIpc) is 2.38. The van der Waals surface area contributed by atoms with E-state index in [9.17, 15) is 0 Å². The van der Waals surface area contributed by atoms with E-state index in [0.29, 0.717) is 0 Å². The van der Waals surface area contributed by atoms with Crippen molar-refractivity contribution in [2.75, 3.05) is 32.7 Å². The summed E-state index contributed by atoms with van der Waals surface area (Å²) in [6.07, 6.45) is 4.27. The summed E-state index contributed by atoms with van der Waals surface area (Å²) in [6.45, 7) is 18.6. The maximum atomic E-state index is 2.76. The quantitative estimate of drug-likeness (QED) is 0.774. The number of hydrogen-bond acceptors (Lipinski definition) is 2. The highest BCUT2D eigenvalue weighted by molar-refractivity contribution is 4.83. The Morgan fingerprint density at radius 1 is 1.00 bits per heavy atom. The molecular formula is C18H36N2. The molecule has 3 unspecified atom stereocenters. The minimum Gasteiger partial charge on any atom is -0.303 e. The van der Waals surface area contributed by atoms with Crippen LogP contribution in [0.15, 0.2) is 0 Å². The van der Waals surface area contributed by atoms with Gasteiger partial charge in [0.15, 0.2) is 0 Å². The molecule has 0 amide bonds. The second-order valence-electron chi connectivity index (χ2n) is 8.03. The van der Waals surface area contributed by atoms with Crippen molar-refractivity contribution in [2.45, 2.75) is 59.9 Å². The van der Waals surface area contributed by atoms with Crippen LogP contribution in [0.5, 0.6) is 0 Å². The Morgan fingerprint density at radius 3 is 2.35 bits per heavy atom. The molecule has 0 bridgehead atoms. The highest BCUT2D eigenvalue weighted by Crippen LogP contribution is 2.30. The van der Waals surface area contributed by atoms with E-state index in [1.807, 2.05) is 0 Å². The molecule has 0 aliphatic carbocycles. The van der Waals surface area contributed by atoms with Crippen molar-refractivity contribution >= 4 is 0 Å². The summed E-state index contributed by atoms with van der Waals surface area (Å²) < 4.78 is 0. The normalized spacial score (nSPS) is 34.0. The molecule has 0 spiro atoms. The van der Waals surface area contributed by atoms with Gasteiger partial charge in [-0.1, -0.05) is 20.8 Å². The van der Waals surface area contributed by atoms with Crippen LogP contribution < -0.4 is 0 Å². The van der Waals surface area contributed by atoms with Gasteiger partial charge in [-0.2, -0.15) is 0 Å². The Morgan fingerprint density at radius 2 is 1.75 bits per heavy atom. The predicted molar refractivity (Wildman–Crippen MR) is 88.0 cm³/mol. The smallest absolute Gasteiger partial charge is 0.00387 e. The van der Waals surface area contributed by atoms with E-state index < -0.39 is 0 Å². The van der Waals surface area contributed by atoms with E-state index in [0.717, 1.165) is 29.7 Å². The van der Waals surface area contributed by atoms with Crippen LogP contribution >= 0.6 is 0 Å². The molecule has 0 radical (unpaired) electrons. The van der Waals surface area contributed by atoms with Crippen LogP contribution in [0.2, 0.25) is 0 Å². The SMILES string of the molecule is CC(C)C1CCN(CC2CCCN(C(C)C)C2)CC1C. The van der Waals surface area contributed by atoms with E-state index in [2.05, 4.69) is 44.4 Å². The molecule has 2 rings (SSSR count). The van der Waals surface area contributed by atoms with Crippen LogP contribution in [0.25, 0.3) is 0 Å². The maximum Gasteiger partial charge on any atom is 0.00387 e. The second-order valence-corrected chi connectivity index (χ2v) is 8.03. The van der Waals surface area contributed by atoms with Crippen molar-refractivity contribution in [3.8, 4) is 0 Å². The first-order chi connectivity index (χ1) is 9.47. The van der Waals surface area contributed by atoms with Crippen molar-refractivity contribution in [2.24, 2.45) is 23.7 Å². The third-order valence-electron chi connectivity index (χ3n) is 5.71. The molecule has 0 aromatic rings. The lowest BCUT2D eigenvalue weighted by molar-refractivity contribution is 0.0629. The highest BCUT2D eigenvalue weighted by Gasteiger charge is 2.30. The summed E-state index contributed by atoms with van der Waals surface area (Å²) in [6, 6.07) is 0.725. The minimum absolute atomic E-state index is 0.725. The number of rotatable bonds is 4. The zero-order valence-corrected chi connectivity index (χ0v) is 14.4. The van der Waals surface area contributed by atoms with E-state index >= 15 is 0 Å². The summed E-state index contributed by atoms with van der Waals surface area (Å²) >= 11 is 0. The van der Waals surface area contributed by atoms with Crippen molar-refractivity contribution in [3.63, 3.8) is 0 Å². The Bertz CT molecular complexity index is 287. The van der Waals surface area contributed by atoms with Gasteiger partial charge in [0.1, 0.15) is 0 Å². The molecule has 20 heavy (non-hydrogen) atoms. The second kappa shape index (κ2) is 7.26. The highest BCUT2D eigenvalue weighted by atomic mass is 15.2. The Hall–Kier alpha value is -0.0800. The third-order valence-corrected chi connectivity index (χ3v) is 5.71. The van der Waals surface area contributed by atoms with E-state index in [1.165, 1.54) is 52.0 Å². The first kappa shape index (κ1) is 16.3. The molecule has 2 heteroatoms. The number of likely N-dealkylation sites (tertiary alicyclic amines) is 2. The van der Waals surface area contributed by atoms with Crippen LogP contribution in [-0.4, -0.2) is 48.6 Å². The molecule has 2 nitrogen and oxygen atoms in total. The Balaban J connectivity index is 1.79. The lowest BCUT2D eigenvalue weighted by Crippen LogP contribution is -2.47. The summed E-state index contributed by atoms with van der Waals surface area (Å²) in [7, 11) is 0. The fraction of sp³-hybridized carbons (Fsp3) is 1.00. The molecule has 118 valence electrons. The summed E-state index contributed by atoms with van der Waals surface area (Å²) in [5, 5.41) is 0. The third kappa shape index (κ3) is 4.21. The largest absolute Gasteiger partial charge is 0.303 e. The van der Waals surface area contributed by atoms with Crippen LogP contribution in [-0.2, 0) is 0 Å². The molecule has 0 aromatic heterocycles. The topological polar surface area (TPSA) is 6.48 Å². The molecule has 2 fully saturated rings. The van der Waals surface area contributed by atoms with Gasteiger partial charge >= 0.3 is 0 Å². The van der Waals surface area contributed by atoms with Gasteiger partial charge in [-0.25, -0.2) is 0 Å². The van der Waals surface area contributed by atoms with E-state index in [4.69, 9.17) is 0 Å². The van der Waals surface area contributed by atoms with Gasteiger partial charge in [-0.15, -0.1) is 0 Å². The van der Waals surface area contributed by atoms with E-state index in [-0.39, 0.29) is 0 Å². The lowest BCUT2D eigenvalue weighted by Gasteiger charge is -2.42. The first-order valence-electron chi connectivity index (χ1n) is 8.93. The van der Waals surface area contributed by atoms with Gasteiger partial charge in [0.2, 0.25) is 0 Å². The Kier molecular flexibility index (Phi) is 5.92. The molecule has 2 aliphatic heterocycles. The van der Waals surface area contributed by atoms with Crippen LogP contribution in [0, 0.1) is 23.7 Å². The standard InChI is InChI=1S/C18H36N2/c1-14(2)18-8-10-19(11-16(18)5)12-17-7-6-9-20(13-17)15(3)4/h14-18H,6-13H2,1-5H3. The number of nitrogens with zero attached hydrogens (tertiary/aromatic N) is 2. The van der Waals surface area contributed by atoms with E-state index in [1.54, 1.807) is 0 Å². The van der Waals surface area contributed by atoms with Crippen LogP contribution in [0.3, 0.4) is 0 Å². The van der Waals surface area contributed by atoms with Crippen LogP contribution in [0.1, 0.15) is 53.9 Å². The molecule has 0 aromatic carbocycles. The van der Waals surface area contributed by atoms with Gasteiger partial charge in [0, 0.05) is 25.7 Å². The minimum atomic E-state index is 0.725. The van der Waals surface area contributed by atoms with Crippen molar-refractivity contribution in [1.82, 2.24) is 9.80 Å². The molecule has 3 atom stereocenters. The molecule has 0 saturated carbocycles. The summed E-state index contributed by atoms with van der Waals surface area (Å²) in [4.78, 5) is 5.44. The fourth-order valence-corrected chi connectivity index (χ4v) is 4.49. The van der Waals surface area contributed by atoms with Gasteiger partial charge in [-0.3, -0.25) is 0 Å². The molecule has 0 N–H and O–H groups in total. The number of hydrogen-bond donors (Lipinski definition) is 0. The zero-order valence-electron chi connectivity index (χ0n) is 14.4.